The van der Waals surface area contributed by atoms with Crippen LogP contribution in [-0.2, 0) is 0 Å². The summed E-state index contributed by atoms with van der Waals surface area (Å²) in [6.07, 6.45) is 0. The summed E-state index contributed by atoms with van der Waals surface area (Å²) in [5.74, 6) is 0. The lowest BCUT2D eigenvalue weighted by Crippen LogP contribution is -2.10. The minimum absolute atomic E-state index is 0.823. The number of fused-ring (bicyclic) bond motifs is 9. The molecule has 2 aromatic heterocycles. The second-order valence-corrected chi connectivity index (χ2v) is 13.6. The maximum Gasteiger partial charge on any atom is 0.159 e. The molecule has 53 heavy (non-hydrogen) atoms. The van der Waals surface area contributed by atoms with E-state index in [9.17, 15) is 0 Å². The third-order valence-electron chi connectivity index (χ3n) is 10.7. The molecule has 0 spiro atoms. The van der Waals surface area contributed by atoms with Gasteiger partial charge in [-0.1, -0.05) is 152 Å². The molecule has 11 aromatic rings. The standard InChI is InChI=1S/C50H31NO2/c1-2-13-32(14-3-1)37-20-10-21-42-43-23-12-25-46(50(43)53-48(37)42)51(45-24-11-22-41-40-19-8-9-26-47(40)52-49(41)45)35-29-27-33(28-30-35)44-31-34-15-4-5-16-36(34)38-17-6-7-18-39(38)44/h1-31H. The van der Waals surface area contributed by atoms with Gasteiger partial charge in [0.15, 0.2) is 11.2 Å². The van der Waals surface area contributed by atoms with Crippen LogP contribution in [0, 0.1) is 0 Å². The highest BCUT2D eigenvalue weighted by Gasteiger charge is 2.24. The number of rotatable bonds is 5. The fourth-order valence-corrected chi connectivity index (χ4v) is 8.23. The van der Waals surface area contributed by atoms with Crippen molar-refractivity contribution in [2.24, 2.45) is 0 Å². The zero-order chi connectivity index (χ0) is 34.9. The maximum atomic E-state index is 6.97. The SMILES string of the molecule is c1ccc(-c2cccc3c2oc2c(N(c4ccc(-c5cc6ccccc6c6ccccc56)cc4)c4cccc5c4oc4ccccc45)cccc23)cc1. The molecule has 248 valence electrons. The van der Waals surface area contributed by atoms with Gasteiger partial charge in [0.1, 0.15) is 11.2 Å². The number of benzene rings is 9. The molecule has 0 saturated carbocycles. The maximum absolute atomic E-state index is 6.97. The van der Waals surface area contributed by atoms with Crippen LogP contribution in [0.4, 0.5) is 17.1 Å². The van der Waals surface area contributed by atoms with Gasteiger partial charge in [-0.25, -0.2) is 0 Å². The highest BCUT2D eigenvalue weighted by atomic mass is 16.3. The van der Waals surface area contributed by atoms with Crippen molar-refractivity contribution in [3.63, 3.8) is 0 Å². The lowest BCUT2D eigenvalue weighted by molar-refractivity contribution is 0.666. The molecule has 9 aromatic carbocycles. The molecule has 0 radical (unpaired) electrons. The molecule has 0 bridgehead atoms. The molecular weight excluding hydrogens is 647 g/mol. The number of furan rings is 2. The first kappa shape index (κ1) is 29.6. The Balaban J connectivity index is 1.15. The van der Waals surface area contributed by atoms with Crippen LogP contribution >= 0.6 is 0 Å². The molecule has 0 amide bonds. The van der Waals surface area contributed by atoms with Gasteiger partial charge in [-0.3, -0.25) is 0 Å². The lowest BCUT2D eigenvalue weighted by Gasteiger charge is -2.26. The van der Waals surface area contributed by atoms with Gasteiger partial charge >= 0.3 is 0 Å². The van der Waals surface area contributed by atoms with Gasteiger partial charge < -0.3 is 13.7 Å². The first-order valence-electron chi connectivity index (χ1n) is 18.0. The highest BCUT2D eigenvalue weighted by Crippen LogP contribution is 2.47. The molecular formula is C50H31NO2. The van der Waals surface area contributed by atoms with E-state index >= 15 is 0 Å². The second-order valence-electron chi connectivity index (χ2n) is 13.6. The normalized spacial score (nSPS) is 11.8. The van der Waals surface area contributed by atoms with Crippen molar-refractivity contribution in [1.82, 2.24) is 0 Å². The fraction of sp³-hybridized carbons (Fsp3) is 0. The van der Waals surface area contributed by atoms with Gasteiger partial charge in [-0.2, -0.15) is 0 Å². The Morgan fingerprint density at radius 1 is 0.321 bits per heavy atom. The van der Waals surface area contributed by atoms with Crippen LogP contribution < -0.4 is 4.90 Å². The van der Waals surface area contributed by atoms with Crippen LogP contribution in [0.2, 0.25) is 0 Å². The van der Waals surface area contributed by atoms with Crippen LogP contribution in [0.1, 0.15) is 0 Å². The Bertz CT molecular complexity index is 3170. The Kier molecular flexibility index (Phi) is 6.55. The first-order chi connectivity index (χ1) is 26.3. The second kappa shape index (κ2) is 11.7. The quantitative estimate of drug-likeness (QED) is 0.170. The van der Waals surface area contributed by atoms with Crippen LogP contribution in [-0.4, -0.2) is 0 Å². The van der Waals surface area contributed by atoms with Gasteiger partial charge in [0, 0.05) is 32.8 Å². The van der Waals surface area contributed by atoms with Gasteiger partial charge in [0.25, 0.3) is 0 Å². The number of para-hydroxylation sites is 4. The van der Waals surface area contributed by atoms with Crippen molar-refractivity contribution in [1.29, 1.82) is 0 Å². The largest absolute Gasteiger partial charge is 0.454 e. The van der Waals surface area contributed by atoms with E-state index in [0.29, 0.717) is 0 Å². The van der Waals surface area contributed by atoms with Gasteiger partial charge in [0.05, 0.1) is 11.4 Å². The smallest absolute Gasteiger partial charge is 0.159 e. The van der Waals surface area contributed by atoms with Gasteiger partial charge in [-0.15, -0.1) is 0 Å². The van der Waals surface area contributed by atoms with Crippen molar-refractivity contribution in [3.8, 4) is 22.3 Å². The molecule has 3 heteroatoms. The van der Waals surface area contributed by atoms with Gasteiger partial charge in [0.2, 0.25) is 0 Å². The average Bonchev–Trinajstić information content (AvgIpc) is 3.81. The minimum Gasteiger partial charge on any atom is -0.454 e. The van der Waals surface area contributed by atoms with E-state index in [4.69, 9.17) is 8.83 Å². The molecule has 0 aliphatic carbocycles. The molecule has 0 N–H and O–H groups in total. The molecule has 0 saturated heterocycles. The Labute approximate surface area is 305 Å². The summed E-state index contributed by atoms with van der Waals surface area (Å²) in [5.41, 5.74) is 10.8. The molecule has 0 fully saturated rings. The first-order valence-corrected chi connectivity index (χ1v) is 18.0. The Hall–Kier alpha value is -7.10. The predicted molar refractivity (Wildman–Crippen MR) is 222 cm³/mol. The molecule has 0 aliphatic rings. The number of hydrogen-bond acceptors (Lipinski definition) is 3. The van der Waals surface area contributed by atoms with Crippen molar-refractivity contribution in [2.45, 2.75) is 0 Å². The zero-order valence-electron chi connectivity index (χ0n) is 28.7. The summed E-state index contributed by atoms with van der Waals surface area (Å²) in [6.45, 7) is 0. The van der Waals surface area contributed by atoms with Crippen LogP contribution in [0.5, 0.6) is 0 Å². The van der Waals surface area contributed by atoms with E-state index in [1.165, 1.54) is 27.1 Å². The predicted octanol–water partition coefficient (Wildman–Crippen LogP) is 14.6. The van der Waals surface area contributed by atoms with E-state index in [0.717, 1.165) is 77.6 Å². The summed E-state index contributed by atoms with van der Waals surface area (Å²) in [5, 5.41) is 9.32. The van der Waals surface area contributed by atoms with E-state index in [1.54, 1.807) is 0 Å². The van der Waals surface area contributed by atoms with E-state index in [-0.39, 0.29) is 0 Å². The molecule has 11 rings (SSSR count). The molecule has 3 nitrogen and oxygen atoms in total. The monoisotopic (exact) mass is 677 g/mol. The highest BCUT2D eigenvalue weighted by molar-refractivity contribution is 6.16. The third-order valence-corrected chi connectivity index (χ3v) is 10.7. The van der Waals surface area contributed by atoms with E-state index < -0.39 is 0 Å². The van der Waals surface area contributed by atoms with Crippen molar-refractivity contribution >= 4 is 82.5 Å². The van der Waals surface area contributed by atoms with E-state index in [2.05, 4.69) is 175 Å². The summed E-state index contributed by atoms with van der Waals surface area (Å²) >= 11 is 0. The zero-order valence-corrected chi connectivity index (χ0v) is 28.7. The molecule has 0 atom stereocenters. The van der Waals surface area contributed by atoms with Crippen LogP contribution in [0.3, 0.4) is 0 Å². The molecule has 0 unspecified atom stereocenters. The summed E-state index contributed by atoms with van der Waals surface area (Å²) in [6, 6.07) is 66.6. The van der Waals surface area contributed by atoms with Crippen molar-refractivity contribution < 1.29 is 8.83 Å². The summed E-state index contributed by atoms with van der Waals surface area (Å²) < 4.78 is 13.6. The number of nitrogens with zero attached hydrogens (tertiary/aromatic N) is 1. The summed E-state index contributed by atoms with van der Waals surface area (Å²) in [4.78, 5) is 2.29. The molecule has 2 heterocycles. The Morgan fingerprint density at radius 2 is 0.868 bits per heavy atom. The van der Waals surface area contributed by atoms with Crippen LogP contribution in [0.25, 0.3) is 87.7 Å². The minimum atomic E-state index is 0.823. The van der Waals surface area contributed by atoms with Crippen LogP contribution in [0.15, 0.2) is 197 Å². The lowest BCUT2D eigenvalue weighted by atomic mass is 9.93. The Morgan fingerprint density at radius 3 is 1.64 bits per heavy atom. The average molecular weight is 678 g/mol. The van der Waals surface area contributed by atoms with Crippen molar-refractivity contribution in [3.05, 3.63) is 188 Å². The number of anilines is 3. The topological polar surface area (TPSA) is 29.5 Å². The molecule has 0 aliphatic heterocycles. The van der Waals surface area contributed by atoms with E-state index in [1.807, 2.05) is 18.2 Å². The summed E-state index contributed by atoms with van der Waals surface area (Å²) in [7, 11) is 0. The third kappa shape index (κ3) is 4.61. The number of hydrogen-bond donors (Lipinski definition) is 0. The fourth-order valence-electron chi connectivity index (χ4n) is 8.23. The van der Waals surface area contributed by atoms with Gasteiger partial charge in [-0.05, 0) is 74.6 Å². The van der Waals surface area contributed by atoms with Crippen molar-refractivity contribution in [2.75, 3.05) is 4.90 Å².